The molecule has 186 valence electrons. The van der Waals surface area contributed by atoms with Crippen LogP contribution in [0.2, 0.25) is 0 Å². The van der Waals surface area contributed by atoms with Crippen molar-refractivity contribution < 1.29 is 13.2 Å². The molecule has 0 fully saturated rings. The van der Waals surface area contributed by atoms with Gasteiger partial charge in [0.15, 0.2) is 5.78 Å². The highest BCUT2D eigenvalue weighted by Gasteiger charge is 2.38. The first kappa shape index (κ1) is 24.3. The first-order chi connectivity index (χ1) is 17.1. The third-order valence-electron chi connectivity index (χ3n) is 7.48. The molecular weight excluding hydrogens is 468 g/mol. The molecule has 0 radical (unpaired) electrons. The monoisotopic (exact) mass is 500 g/mol. The van der Waals surface area contributed by atoms with E-state index in [9.17, 15) is 13.2 Å². The van der Waals surface area contributed by atoms with Gasteiger partial charge in [0.1, 0.15) is 0 Å². The van der Waals surface area contributed by atoms with Crippen LogP contribution in [0.3, 0.4) is 0 Å². The molecule has 2 N–H and O–H groups in total. The van der Waals surface area contributed by atoms with Gasteiger partial charge in [-0.25, -0.2) is 8.42 Å². The van der Waals surface area contributed by atoms with Gasteiger partial charge in [-0.3, -0.25) is 9.52 Å². The Kier molecular flexibility index (Phi) is 6.25. The number of carbonyl (C=O) groups excluding carboxylic acids is 1. The molecule has 3 atom stereocenters. The molecule has 5 rings (SSSR count). The van der Waals surface area contributed by atoms with Crippen LogP contribution in [0.1, 0.15) is 64.8 Å². The summed E-state index contributed by atoms with van der Waals surface area (Å²) < 4.78 is 29.2. The third-order valence-corrected chi connectivity index (χ3v) is 8.86. The Morgan fingerprint density at radius 1 is 0.972 bits per heavy atom. The molecule has 0 saturated heterocycles. The Morgan fingerprint density at radius 2 is 1.72 bits per heavy atom. The highest BCUT2D eigenvalue weighted by atomic mass is 32.2. The minimum atomic E-state index is -3.72. The fourth-order valence-corrected chi connectivity index (χ4v) is 6.36. The van der Waals surface area contributed by atoms with Crippen LogP contribution in [0.4, 0.5) is 11.4 Å². The SMILES string of the molecule is Cc1ccc(NS(=O)(=O)c2ccc3c(c2)C2C=CCC2C(c2ccc(C(=O)C(C)C)cc2)N3)cc1C. The van der Waals surface area contributed by atoms with Gasteiger partial charge >= 0.3 is 0 Å². The van der Waals surface area contributed by atoms with Crippen molar-refractivity contribution in [3.8, 4) is 0 Å². The van der Waals surface area contributed by atoms with E-state index >= 15 is 0 Å². The second-order valence-electron chi connectivity index (χ2n) is 10.3. The maximum Gasteiger partial charge on any atom is 0.261 e. The van der Waals surface area contributed by atoms with E-state index in [1.54, 1.807) is 18.2 Å². The molecule has 0 spiro atoms. The van der Waals surface area contributed by atoms with E-state index in [2.05, 4.69) is 22.2 Å². The van der Waals surface area contributed by atoms with Gasteiger partial charge in [0.05, 0.1) is 10.9 Å². The first-order valence-electron chi connectivity index (χ1n) is 12.5. The van der Waals surface area contributed by atoms with Gasteiger partial charge in [-0.05, 0) is 78.8 Å². The molecular formula is C30H32N2O3S. The van der Waals surface area contributed by atoms with E-state index in [4.69, 9.17) is 0 Å². The van der Waals surface area contributed by atoms with Crippen molar-refractivity contribution >= 4 is 27.2 Å². The summed E-state index contributed by atoms with van der Waals surface area (Å²) >= 11 is 0. The number of rotatable bonds is 6. The number of aryl methyl sites for hydroxylation is 2. The van der Waals surface area contributed by atoms with Crippen LogP contribution in [0.25, 0.3) is 0 Å². The largest absolute Gasteiger partial charge is 0.378 e. The molecule has 3 aromatic rings. The zero-order chi connectivity index (χ0) is 25.6. The lowest BCUT2D eigenvalue weighted by atomic mass is 9.77. The van der Waals surface area contributed by atoms with Crippen molar-refractivity contribution in [2.24, 2.45) is 11.8 Å². The van der Waals surface area contributed by atoms with E-state index in [1.165, 1.54) is 0 Å². The highest BCUT2D eigenvalue weighted by molar-refractivity contribution is 7.92. The van der Waals surface area contributed by atoms with Crippen LogP contribution in [0, 0.1) is 25.7 Å². The lowest BCUT2D eigenvalue weighted by molar-refractivity contribution is 0.0939. The summed E-state index contributed by atoms with van der Waals surface area (Å²) in [5.41, 5.74) is 6.53. The average Bonchev–Trinajstić information content (AvgIpc) is 3.35. The number of sulfonamides is 1. The summed E-state index contributed by atoms with van der Waals surface area (Å²) in [7, 11) is -3.72. The Morgan fingerprint density at radius 3 is 2.42 bits per heavy atom. The summed E-state index contributed by atoms with van der Waals surface area (Å²) in [5.74, 6) is 0.510. The molecule has 1 aliphatic heterocycles. The minimum absolute atomic E-state index is 0.0334. The molecule has 6 heteroatoms. The molecule has 0 amide bonds. The van der Waals surface area contributed by atoms with E-state index in [0.717, 1.165) is 39.9 Å². The van der Waals surface area contributed by atoms with Gasteiger partial charge in [0.25, 0.3) is 10.0 Å². The fourth-order valence-electron chi connectivity index (χ4n) is 5.28. The Balaban J connectivity index is 1.43. The number of nitrogens with one attached hydrogen (secondary N) is 2. The number of fused-ring (bicyclic) bond motifs is 3. The molecule has 3 aromatic carbocycles. The smallest absolute Gasteiger partial charge is 0.261 e. The van der Waals surface area contributed by atoms with E-state index < -0.39 is 10.0 Å². The average molecular weight is 501 g/mol. The molecule has 3 unspecified atom stereocenters. The van der Waals surface area contributed by atoms with E-state index in [1.807, 2.05) is 70.2 Å². The zero-order valence-corrected chi connectivity index (χ0v) is 21.9. The minimum Gasteiger partial charge on any atom is -0.378 e. The molecule has 0 aromatic heterocycles. The first-order valence-corrected chi connectivity index (χ1v) is 13.9. The van der Waals surface area contributed by atoms with Crippen LogP contribution >= 0.6 is 0 Å². The summed E-state index contributed by atoms with van der Waals surface area (Å²) in [6, 6.07) is 18.9. The molecule has 1 aliphatic carbocycles. The number of allylic oxidation sites excluding steroid dienone is 2. The predicted molar refractivity (Wildman–Crippen MR) is 145 cm³/mol. The van der Waals surface area contributed by atoms with Crippen LogP contribution in [-0.4, -0.2) is 14.2 Å². The molecule has 36 heavy (non-hydrogen) atoms. The van der Waals surface area contributed by atoms with Gasteiger partial charge in [-0.1, -0.05) is 56.3 Å². The molecule has 0 saturated carbocycles. The Bertz CT molecular complexity index is 1460. The van der Waals surface area contributed by atoms with Crippen molar-refractivity contribution in [1.82, 2.24) is 0 Å². The van der Waals surface area contributed by atoms with Crippen LogP contribution in [0.5, 0.6) is 0 Å². The second-order valence-corrected chi connectivity index (χ2v) is 12.0. The van der Waals surface area contributed by atoms with Crippen LogP contribution in [-0.2, 0) is 10.0 Å². The quantitative estimate of drug-likeness (QED) is 0.289. The summed E-state index contributed by atoms with van der Waals surface area (Å²) in [6.07, 6.45) is 5.29. The number of benzene rings is 3. The predicted octanol–water partition coefficient (Wildman–Crippen LogP) is 6.77. The highest BCUT2D eigenvalue weighted by Crippen LogP contribution is 2.50. The number of hydrogen-bond acceptors (Lipinski definition) is 4. The van der Waals surface area contributed by atoms with Gasteiger partial charge in [0, 0.05) is 28.8 Å². The normalized spacial score (nSPS) is 20.5. The molecule has 5 nitrogen and oxygen atoms in total. The lowest BCUT2D eigenvalue weighted by Crippen LogP contribution is -2.29. The van der Waals surface area contributed by atoms with Crippen molar-refractivity contribution in [2.75, 3.05) is 10.0 Å². The van der Waals surface area contributed by atoms with Crippen molar-refractivity contribution in [3.63, 3.8) is 0 Å². The summed E-state index contributed by atoms with van der Waals surface area (Å²) in [5, 5.41) is 3.66. The van der Waals surface area contributed by atoms with Gasteiger partial charge in [0.2, 0.25) is 0 Å². The standard InChI is InChI=1S/C30H32N2O3S/c1-18(2)30(33)22-11-9-21(10-12-22)29-26-7-5-6-25(26)27-17-24(14-15-28(27)31-29)36(34,35)32-23-13-8-19(3)20(4)16-23/h5-6,8-18,25-26,29,31-32H,7H2,1-4H3. The van der Waals surface area contributed by atoms with E-state index in [0.29, 0.717) is 5.69 Å². The fraction of sp³-hybridized carbons (Fsp3) is 0.300. The Labute approximate surface area is 213 Å². The van der Waals surface area contributed by atoms with E-state index in [-0.39, 0.29) is 34.5 Å². The van der Waals surface area contributed by atoms with Crippen molar-refractivity contribution in [2.45, 2.75) is 51.0 Å². The second kappa shape index (κ2) is 9.25. The summed E-state index contributed by atoms with van der Waals surface area (Å²) in [4.78, 5) is 12.6. The number of anilines is 2. The maximum atomic E-state index is 13.2. The van der Waals surface area contributed by atoms with Crippen molar-refractivity contribution in [3.05, 3.63) is 101 Å². The number of hydrogen-bond donors (Lipinski definition) is 2. The van der Waals surface area contributed by atoms with Gasteiger partial charge < -0.3 is 5.32 Å². The maximum absolute atomic E-state index is 13.2. The molecule has 2 aliphatic rings. The summed E-state index contributed by atoms with van der Waals surface area (Å²) in [6.45, 7) is 7.80. The number of carbonyl (C=O) groups is 1. The third kappa shape index (κ3) is 4.46. The lowest BCUT2D eigenvalue weighted by Gasteiger charge is -2.37. The molecule has 0 bridgehead atoms. The van der Waals surface area contributed by atoms with Gasteiger partial charge in [-0.2, -0.15) is 0 Å². The van der Waals surface area contributed by atoms with Crippen LogP contribution in [0.15, 0.2) is 77.7 Å². The Hall–Kier alpha value is -3.38. The number of Topliss-reactive ketones (excluding diaryl/α,β-unsaturated/α-hetero) is 1. The topological polar surface area (TPSA) is 75.3 Å². The van der Waals surface area contributed by atoms with Crippen molar-refractivity contribution in [1.29, 1.82) is 0 Å². The number of ketones is 1. The zero-order valence-electron chi connectivity index (χ0n) is 21.1. The molecule has 1 heterocycles. The van der Waals surface area contributed by atoms with Crippen LogP contribution < -0.4 is 10.0 Å². The van der Waals surface area contributed by atoms with Gasteiger partial charge in [-0.15, -0.1) is 0 Å².